The summed E-state index contributed by atoms with van der Waals surface area (Å²) in [5.74, 6) is -0.0100. The first-order chi connectivity index (χ1) is 10.7. The van der Waals surface area contributed by atoms with Gasteiger partial charge in [-0.1, -0.05) is 25.3 Å². The van der Waals surface area contributed by atoms with Crippen molar-refractivity contribution in [2.75, 3.05) is 7.05 Å². The van der Waals surface area contributed by atoms with E-state index in [1.165, 1.54) is 0 Å². The average Bonchev–Trinajstić information content (AvgIpc) is 3.02. The normalized spacial score (nSPS) is 17.2. The summed E-state index contributed by atoms with van der Waals surface area (Å²) in [6, 6.07) is 3.92. The highest BCUT2D eigenvalue weighted by Gasteiger charge is 2.30. The van der Waals surface area contributed by atoms with E-state index in [4.69, 9.17) is 0 Å². The molecule has 0 aliphatic carbocycles. The lowest BCUT2D eigenvalue weighted by Crippen LogP contribution is -2.44. The Morgan fingerprint density at radius 3 is 2.65 bits per heavy atom. The third kappa shape index (κ3) is 3.85. The third-order valence-electron chi connectivity index (χ3n) is 3.82. The lowest BCUT2D eigenvalue weighted by Gasteiger charge is -2.32. The summed E-state index contributed by atoms with van der Waals surface area (Å²) in [5.41, 5.74) is 3.07. The van der Waals surface area contributed by atoms with E-state index in [-0.39, 0.29) is 16.8 Å². The molecule has 0 aromatic carbocycles. The van der Waals surface area contributed by atoms with E-state index in [1.54, 1.807) is 28.9 Å². The van der Waals surface area contributed by atoms with Gasteiger partial charge in [0.15, 0.2) is 0 Å². The van der Waals surface area contributed by atoms with E-state index in [2.05, 4.69) is 23.5 Å². The maximum absolute atomic E-state index is 12.5. The predicted molar refractivity (Wildman–Crippen MR) is 97.5 cm³/mol. The number of nitrogens with one attached hydrogen (secondary N) is 1. The van der Waals surface area contributed by atoms with Crippen molar-refractivity contribution in [1.29, 1.82) is 0 Å². The molecule has 1 unspecified atom stereocenters. The van der Waals surface area contributed by atoms with Gasteiger partial charge in [-0.25, -0.2) is 0 Å². The molecule has 2 heterocycles. The lowest BCUT2D eigenvalue weighted by molar-refractivity contribution is -0.130. The van der Waals surface area contributed by atoms with E-state index in [0.29, 0.717) is 5.70 Å². The summed E-state index contributed by atoms with van der Waals surface area (Å²) in [4.78, 5) is 18.7. The van der Waals surface area contributed by atoms with Gasteiger partial charge in [0.25, 0.3) is 5.91 Å². The molecule has 23 heavy (non-hydrogen) atoms. The second-order valence-electron chi connectivity index (χ2n) is 6.43. The second-order valence-corrected chi connectivity index (χ2v) is 7.41. The number of allylic oxidation sites excluding steroid dienone is 2. The highest BCUT2D eigenvalue weighted by molar-refractivity contribution is 8.02. The number of carbonyl (C=O) groups excluding carboxylic acids is 1. The van der Waals surface area contributed by atoms with E-state index in [0.717, 1.165) is 16.8 Å². The highest BCUT2D eigenvalue weighted by atomic mass is 32.2. The molecule has 1 atom stereocenters. The minimum Gasteiger partial charge on any atom is -0.363 e. The van der Waals surface area contributed by atoms with Crippen LogP contribution < -0.4 is 5.32 Å². The van der Waals surface area contributed by atoms with Gasteiger partial charge in [0.2, 0.25) is 0 Å². The quantitative estimate of drug-likeness (QED) is 0.855. The molecule has 1 amide bonds. The average molecular weight is 329 g/mol. The molecule has 0 fully saturated rings. The van der Waals surface area contributed by atoms with Crippen LogP contribution in [0, 0.1) is 0 Å². The molecule has 0 saturated carbocycles. The van der Waals surface area contributed by atoms with E-state index in [1.807, 2.05) is 45.4 Å². The summed E-state index contributed by atoms with van der Waals surface area (Å²) in [5, 5.41) is 5.07. The molecule has 0 radical (unpaired) electrons. The van der Waals surface area contributed by atoms with Crippen LogP contribution in [0.2, 0.25) is 0 Å². The first-order valence-electron chi connectivity index (χ1n) is 7.42. The Labute approximate surface area is 142 Å². The van der Waals surface area contributed by atoms with Crippen LogP contribution in [0.1, 0.15) is 37.4 Å². The van der Waals surface area contributed by atoms with Gasteiger partial charge in [-0.2, -0.15) is 0 Å². The van der Waals surface area contributed by atoms with Crippen LogP contribution in [-0.4, -0.2) is 28.4 Å². The van der Waals surface area contributed by atoms with Crippen LogP contribution in [0.25, 0.3) is 5.57 Å². The zero-order chi connectivity index (χ0) is 17.2. The molecule has 5 heteroatoms. The van der Waals surface area contributed by atoms with Crippen LogP contribution in [0.5, 0.6) is 0 Å². The first-order valence-corrected chi connectivity index (χ1v) is 8.36. The molecule has 1 N–H and O–H groups in total. The van der Waals surface area contributed by atoms with Gasteiger partial charge < -0.3 is 10.2 Å². The van der Waals surface area contributed by atoms with Crippen molar-refractivity contribution >= 4 is 23.2 Å². The fraction of sp³-hybridized carbons (Fsp3) is 0.333. The van der Waals surface area contributed by atoms with Crippen LogP contribution >= 0.6 is 11.8 Å². The standard InChI is InChI=1S/C18H23N3OS/c1-7-12(2)13-8-9-14(19-10-13)16-20-15(11-23-16)17(22)21(6)18(3,4)5/h7-11,16,20H,1-2H2,3-6H3. The van der Waals surface area contributed by atoms with Crippen molar-refractivity contribution in [3.05, 3.63) is 59.9 Å². The maximum Gasteiger partial charge on any atom is 0.270 e. The Bertz CT molecular complexity index is 656. The largest absolute Gasteiger partial charge is 0.363 e. The van der Waals surface area contributed by atoms with E-state index < -0.39 is 0 Å². The number of hydrogen-bond acceptors (Lipinski definition) is 4. The van der Waals surface area contributed by atoms with Crippen molar-refractivity contribution in [2.24, 2.45) is 0 Å². The summed E-state index contributed by atoms with van der Waals surface area (Å²) in [7, 11) is 1.82. The topological polar surface area (TPSA) is 45.2 Å². The lowest BCUT2D eigenvalue weighted by atomic mass is 10.1. The van der Waals surface area contributed by atoms with Crippen molar-refractivity contribution < 1.29 is 4.79 Å². The van der Waals surface area contributed by atoms with E-state index in [9.17, 15) is 4.79 Å². The highest BCUT2D eigenvalue weighted by Crippen LogP contribution is 2.34. The Kier molecular flexibility index (Phi) is 5.00. The molecule has 4 nitrogen and oxygen atoms in total. The van der Waals surface area contributed by atoms with Gasteiger partial charge in [-0.05, 0) is 38.0 Å². The molecule has 0 bridgehead atoms. The summed E-state index contributed by atoms with van der Waals surface area (Å²) >= 11 is 1.55. The molecule has 1 aliphatic heterocycles. The number of carbonyl (C=O) groups is 1. The van der Waals surface area contributed by atoms with Crippen LogP contribution in [0.3, 0.4) is 0 Å². The minimum absolute atomic E-state index is 0.0100. The van der Waals surface area contributed by atoms with Gasteiger partial charge in [0.05, 0.1) is 5.69 Å². The molecule has 0 saturated heterocycles. The Balaban J connectivity index is 2.06. The molecule has 2 rings (SSSR count). The Morgan fingerprint density at radius 2 is 2.13 bits per heavy atom. The van der Waals surface area contributed by atoms with Crippen molar-refractivity contribution in [2.45, 2.75) is 31.7 Å². The fourth-order valence-corrected chi connectivity index (χ4v) is 2.87. The zero-order valence-electron chi connectivity index (χ0n) is 14.1. The minimum atomic E-state index is -0.215. The summed E-state index contributed by atoms with van der Waals surface area (Å²) in [6.45, 7) is 13.7. The number of amides is 1. The molecular formula is C18H23N3OS. The Morgan fingerprint density at radius 1 is 1.43 bits per heavy atom. The first kappa shape index (κ1) is 17.3. The number of likely N-dealkylation sites (N-methyl/N-ethyl adjacent to an activating group) is 1. The van der Waals surface area contributed by atoms with Crippen molar-refractivity contribution in [3.8, 4) is 0 Å². The van der Waals surface area contributed by atoms with Crippen molar-refractivity contribution in [1.82, 2.24) is 15.2 Å². The SMILES string of the molecule is C=CC(=C)c1ccc(C2NC(C(=O)N(C)C(C)(C)C)=CS2)nc1. The number of rotatable bonds is 4. The smallest absolute Gasteiger partial charge is 0.270 e. The number of pyridine rings is 1. The van der Waals surface area contributed by atoms with Gasteiger partial charge in [-0.3, -0.25) is 9.78 Å². The van der Waals surface area contributed by atoms with E-state index >= 15 is 0 Å². The summed E-state index contributed by atoms with van der Waals surface area (Å²) in [6.07, 6.45) is 3.49. The second kappa shape index (κ2) is 6.62. The van der Waals surface area contributed by atoms with Crippen LogP contribution in [0.4, 0.5) is 0 Å². The number of hydrogen-bond donors (Lipinski definition) is 1. The number of nitrogens with zero attached hydrogens (tertiary/aromatic N) is 2. The van der Waals surface area contributed by atoms with Crippen LogP contribution in [0.15, 0.2) is 48.7 Å². The number of thioether (sulfide) groups is 1. The summed E-state index contributed by atoms with van der Waals surface area (Å²) < 4.78 is 0. The predicted octanol–water partition coefficient (Wildman–Crippen LogP) is 3.71. The monoisotopic (exact) mass is 329 g/mol. The molecule has 122 valence electrons. The third-order valence-corrected chi connectivity index (χ3v) is 4.83. The van der Waals surface area contributed by atoms with Gasteiger partial charge in [-0.15, -0.1) is 11.8 Å². The van der Waals surface area contributed by atoms with Gasteiger partial charge in [0, 0.05) is 24.2 Å². The zero-order valence-corrected chi connectivity index (χ0v) is 14.9. The molecular weight excluding hydrogens is 306 g/mol. The van der Waals surface area contributed by atoms with Crippen molar-refractivity contribution in [3.63, 3.8) is 0 Å². The molecule has 1 aliphatic rings. The van der Waals surface area contributed by atoms with Crippen LogP contribution in [-0.2, 0) is 4.79 Å². The van der Waals surface area contributed by atoms with Gasteiger partial charge >= 0.3 is 0 Å². The molecule has 1 aromatic rings. The molecule has 0 spiro atoms. The Hall–Kier alpha value is -2.01. The fourth-order valence-electron chi connectivity index (χ4n) is 1.95. The van der Waals surface area contributed by atoms with Gasteiger partial charge in [0.1, 0.15) is 11.1 Å². The maximum atomic E-state index is 12.5. The number of aromatic nitrogens is 1. The molecule has 1 aromatic heterocycles.